The molecule has 0 atom stereocenters. The molecule has 0 bridgehead atoms. The van der Waals surface area contributed by atoms with Crippen molar-refractivity contribution in [3.05, 3.63) is 53.8 Å². The van der Waals surface area contributed by atoms with Gasteiger partial charge in [-0.1, -0.05) is 17.7 Å². The van der Waals surface area contributed by atoms with Crippen LogP contribution in [0.15, 0.2) is 48.8 Å². The second-order valence-corrected chi connectivity index (χ2v) is 7.35. The van der Waals surface area contributed by atoms with E-state index < -0.39 is 0 Å². The van der Waals surface area contributed by atoms with Crippen molar-refractivity contribution < 1.29 is 0 Å². The van der Waals surface area contributed by atoms with Crippen LogP contribution in [-0.4, -0.2) is 52.8 Å². The van der Waals surface area contributed by atoms with Crippen LogP contribution in [0.2, 0.25) is 5.02 Å². The quantitative estimate of drug-likeness (QED) is 0.577. The smallest absolute Gasteiger partial charge is 0.257 e. The molecule has 8 heteroatoms. The lowest BCUT2D eigenvalue weighted by Gasteiger charge is -2.30. The zero-order valence-corrected chi connectivity index (χ0v) is 16.3. The van der Waals surface area contributed by atoms with E-state index in [2.05, 4.69) is 49.6 Å². The standard InChI is InChI=1S/C20H20ClN7/c1-26(15-3-2-4-16(12-15)27-9-7-22-8-10-27)19-17-6-5-14(21)11-18(17)28-13-23-25-20(28)24-19/h2-6,11-13,22H,7-10H2,1H3. The molecule has 0 radical (unpaired) electrons. The van der Waals surface area contributed by atoms with Gasteiger partial charge in [-0.2, -0.15) is 4.98 Å². The van der Waals surface area contributed by atoms with Crippen LogP contribution in [0.1, 0.15) is 0 Å². The highest BCUT2D eigenvalue weighted by Gasteiger charge is 2.16. The first kappa shape index (κ1) is 17.2. The van der Waals surface area contributed by atoms with E-state index in [-0.39, 0.29) is 0 Å². The van der Waals surface area contributed by atoms with Crippen molar-refractivity contribution in [2.45, 2.75) is 0 Å². The lowest BCUT2D eigenvalue weighted by atomic mass is 10.2. The number of hydrogen-bond donors (Lipinski definition) is 1. The molecule has 0 saturated carbocycles. The summed E-state index contributed by atoms with van der Waals surface area (Å²) in [7, 11) is 2.03. The van der Waals surface area contributed by atoms with Crippen LogP contribution >= 0.6 is 11.6 Å². The Hall–Kier alpha value is -2.90. The molecule has 7 nitrogen and oxygen atoms in total. The van der Waals surface area contributed by atoms with E-state index in [1.165, 1.54) is 5.69 Å². The number of fused-ring (bicyclic) bond motifs is 3. The highest BCUT2D eigenvalue weighted by Crippen LogP contribution is 2.33. The Kier molecular flexibility index (Phi) is 4.26. The average Bonchev–Trinajstić information content (AvgIpc) is 3.22. The number of halogens is 1. The zero-order chi connectivity index (χ0) is 19.1. The summed E-state index contributed by atoms with van der Waals surface area (Å²) in [6, 6.07) is 14.4. The summed E-state index contributed by atoms with van der Waals surface area (Å²) < 4.78 is 1.86. The van der Waals surface area contributed by atoms with Gasteiger partial charge >= 0.3 is 0 Å². The van der Waals surface area contributed by atoms with Gasteiger partial charge in [0, 0.05) is 55.0 Å². The number of benzene rings is 2. The summed E-state index contributed by atoms with van der Waals surface area (Å²) in [5.74, 6) is 1.37. The molecule has 3 heterocycles. The molecule has 0 amide bonds. The number of piperazine rings is 1. The van der Waals surface area contributed by atoms with Gasteiger partial charge in [-0.3, -0.25) is 4.40 Å². The SMILES string of the molecule is CN(c1cccc(N2CCNCC2)c1)c1nc2nncn2c2cc(Cl)ccc12. The number of nitrogens with one attached hydrogen (secondary N) is 1. The Morgan fingerprint density at radius 1 is 1.11 bits per heavy atom. The summed E-state index contributed by atoms with van der Waals surface area (Å²) in [6.07, 6.45) is 1.66. The third-order valence-corrected chi connectivity index (χ3v) is 5.45. The Bertz CT molecular complexity index is 1150. The van der Waals surface area contributed by atoms with Crippen LogP contribution in [-0.2, 0) is 0 Å². The van der Waals surface area contributed by atoms with Crippen molar-refractivity contribution in [3.63, 3.8) is 0 Å². The molecule has 1 aliphatic rings. The van der Waals surface area contributed by atoms with E-state index in [0.717, 1.165) is 48.6 Å². The molecule has 1 saturated heterocycles. The van der Waals surface area contributed by atoms with E-state index in [1.54, 1.807) is 6.33 Å². The Morgan fingerprint density at radius 2 is 1.96 bits per heavy atom. The fourth-order valence-electron chi connectivity index (χ4n) is 3.72. The molecule has 2 aromatic heterocycles. The molecule has 1 aliphatic heterocycles. The highest BCUT2D eigenvalue weighted by atomic mass is 35.5. The first-order valence-corrected chi connectivity index (χ1v) is 9.67. The van der Waals surface area contributed by atoms with Gasteiger partial charge in [-0.15, -0.1) is 10.2 Å². The normalized spacial score (nSPS) is 14.7. The van der Waals surface area contributed by atoms with Crippen LogP contribution in [0.3, 0.4) is 0 Å². The lowest BCUT2D eigenvalue weighted by Crippen LogP contribution is -2.43. The third-order valence-electron chi connectivity index (χ3n) is 5.21. The molecule has 1 N–H and O–H groups in total. The molecule has 5 rings (SSSR count). The Morgan fingerprint density at radius 3 is 2.82 bits per heavy atom. The Balaban J connectivity index is 1.61. The topological polar surface area (TPSA) is 61.6 Å². The maximum absolute atomic E-state index is 6.24. The minimum Gasteiger partial charge on any atom is -0.369 e. The lowest BCUT2D eigenvalue weighted by molar-refractivity contribution is 0.589. The number of hydrogen-bond acceptors (Lipinski definition) is 6. The Labute approximate surface area is 167 Å². The summed E-state index contributed by atoms with van der Waals surface area (Å²) in [5, 5.41) is 13.2. The predicted molar refractivity (Wildman–Crippen MR) is 113 cm³/mol. The maximum atomic E-state index is 6.24. The van der Waals surface area contributed by atoms with Gasteiger partial charge in [0.15, 0.2) is 0 Å². The number of aromatic nitrogens is 4. The van der Waals surface area contributed by atoms with Gasteiger partial charge in [0.05, 0.1) is 5.52 Å². The van der Waals surface area contributed by atoms with Crippen molar-refractivity contribution in [2.75, 3.05) is 43.0 Å². The molecule has 1 fully saturated rings. The zero-order valence-electron chi connectivity index (χ0n) is 15.5. The van der Waals surface area contributed by atoms with Gasteiger partial charge in [0.25, 0.3) is 5.78 Å². The number of rotatable bonds is 3. The predicted octanol–water partition coefficient (Wildman–Crippen LogP) is 3.11. The van der Waals surface area contributed by atoms with Crippen LogP contribution in [0.25, 0.3) is 16.7 Å². The second kappa shape index (κ2) is 6.92. The molecule has 0 spiro atoms. The van der Waals surface area contributed by atoms with Gasteiger partial charge in [0.2, 0.25) is 0 Å². The monoisotopic (exact) mass is 393 g/mol. The fraction of sp³-hybridized carbons (Fsp3) is 0.250. The van der Waals surface area contributed by atoms with Crippen molar-refractivity contribution in [2.24, 2.45) is 0 Å². The number of anilines is 3. The molecule has 2 aromatic carbocycles. The van der Waals surface area contributed by atoms with Crippen molar-refractivity contribution >= 4 is 45.5 Å². The summed E-state index contributed by atoms with van der Waals surface area (Å²) in [4.78, 5) is 9.26. The van der Waals surface area contributed by atoms with Gasteiger partial charge < -0.3 is 15.1 Å². The molecule has 0 unspecified atom stereocenters. The molecular formula is C20H20ClN7. The average molecular weight is 394 g/mol. The molecule has 0 aliphatic carbocycles. The van der Waals surface area contributed by atoms with Crippen molar-refractivity contribution in [1.82, 2.24) is 24.9 Å². The van der Waals surface area contributed by atoms with Crippen LogP contribution in [0.5, 0.6) is 0 Å². The third kappa shape index (κ3) is 2.93. The van der Waals surface area contributed by atoms with Crippen LogP contribution in [0, 0.1) is 0 Å². The molecule has 142 valence electrons. The number of nitrogens with zero attached hydrogens (tertiary/aromatic N) is 6. The molecule has 4 aromatic rings. The van der Waals surface area contributed by atoms with Gasteiger partial charge in [-0.25, -0.2) is 0 Å². The van der Waals surface area contributed by atoms with Gasteiger partial charge in [-0.05, 0) is 36.4 Å². The van der Waals surface area contributed by atoms with E-state index in [0.29, 0.717) is 10.8 Å². The van der Waals surface area contributed by atoms with E-state index in [4.69, 9.17) is 16.6 Å². The highest BCUT2D eigenvalue weighted by molar-refractivity contribution is 6.31. The molecule has 28 heavy (non-hydrogen) atoms. The fourth-order valence-corrected chi connectivity index (χ4v) is 3.89. The summed E-state index contributed by atoms with van der Waals surface area (Å²) in [5.41, 5.74) is 3.23. The second-order valence-electron chi connectivity index (χ2n) is 6.91. The first-order valence-electron chi connectivity index (χ1n) is 9.29. The first-order chi connectivity index (χ1) is 13.7. The molecular weight excluding hydrogens is 374 g/mol. The summed E-state index contributed by atoms with van der Waals surface area (Å²) >= 11 is 6.24. The van der Waals surface area contributed by atoms with E-state index in [1.807, 2.05) is 29.6 Å². The van der Waals surface area contributed by atoms with E-state index >= 15 is 0 Å². The summed E-state index contributed by atoms with van der Waals surface area (Å²) in [6.45, 7) is 4.05. The minimum absolute atomic E-state index is 0.551. The largest absolute Gasteiger partial charge is 0.369 e. The maximum Gasteiger partial charge on any atom is 0.257 e. The van der Waals surface area contributed by atoms with Crippen LogP contribution in [0.4, 0.5) is 17.2 Å². The van der Waals surface area contributed by atoms with Crippen LogP contribution < -0.4 is 15.1 Å². The van der Waals surface area contributed by atoms with Crippen molar-refractivity contribution in [1.29, 1.82) is 0 Å². The van der Waals surface area contributed by atoms with Crippen molar-refractivity contribution in [3.8, 4) is 0 Å². The minimum atomic E-state index is 0.551. The van der Waals surface area contributed by atoms with Gasteiger partial charge in [0.1, 0.15) is 12.1 Å². The van der Waals surface area contributed by atoms with E-state index in [9.17, 15) is 0 Å².